The van der Waals surface area contributed by atoms with Gasteiger partial charge in [-0.2, -0.15) is 0 Å². The first kappa shape index (κ1) is 23.5. The van der Waals surface area contributed by atoms with Crippen LogP contribution in [-0.4, -0.2) is 72.7 Å². The summed E-state index contributed by atoms with van der Waals surface area (Å²) in [6, 6.07) is 3.37. The van der Waals surface area contributed by atoms with E-state index in [4.69, 9.17) is 37.4 Å². The SMILES string of the molecule is Clc1cc(NCCCOCCOCCOCCCNc2cc(Cl)ncn2)ncn1. The average molecular weight is 445 g/mol. The molecule has 9 nitrogen and oxygen atoms in total. The summed E-state index contributed by atoms with van der Waals surface area (Å²) in [6.07, 6.45) is 4.57. The van der Waals surface area contributed by atoms with E-state index in [9.17, 15) is 0 Å². The van der Waals surface area contributed by atoms with Gasteiger partial charge in [0.1, 0.15) is 34.6 Å². The maximum Gasteiger partial charge on any atom is 0.134 e. The summed E-state index contributed by atoms with van der Waals surface area (Å²) < 4.78 is 16.5. The van der Waals surface area contributed by atoms with Crippen molar-refractivity contribution < 1.29 is 14.2 Å². The van der Waals surface area contributed by atoms with Crippen molar-refractivity contribution in [2.45, 2.75) is 12.8 Å². The molecule has 0 aliphatic rings. The summed E-state index contributed by atoms with van der Waals surface area (Å²) in [6.45, 7) is 5.02. The second-order valence-electron chi connectivity index (χ2n) is 5.85. The monoisotopic (exact) mass is 444 g/mol. The van der Waals surface area contributed by atoms with E-state index in [1.165, 1.54) is 12.7 Å². The molecule has 0 saturated carbocycles. The number of halogens is 2. The molecule has 2 aromatic rings. The third kappa shape index (κ3) is 11.7. The van der Waals surface area contributed by atoms with Gasteiger partial charge >= 0.3 is 0 Å². The van der Waals surface area contributed by atoms with Crippen molar-refractivity contribution in [3.05, 3.63) is 35.1 Å². The van der Waals surface area contributed by atoms with Crippen LogP contribution in [0.2, 0.25) is 10.3 Å². The summed E-state index contributed by atoms with van der Waals surface area (Å²) >= 11 is 11.6. The van der Waals surface area contributed by atoms with Gasteiger partial charge in [-0.05, 0) is 12.8 Å². The molecule has 0 spiro atoms. The van der Waals surface area contributed by atoms with Gasteiger partial charge in [-0.25, -0.2) is 19.9 Å². The van der Waals surface area contributed by atoms with E-state index in [2.05, 4.69) is 30.6 Å². The Bertz CT molecular complexity index is 641. The lowest BCUT2D eigenvalue weighted by atomic mass is 10.4. The van der Waals surface area contributed by atoms with E-state index < -0.39 is 0 Å². The van der Waals surface area contributed by atoms with Crippen LogP contribution in [0.1, 0.15) is 12.8 Å². The molecule has 0 saturated heterocycles. The van der Waals surface area contributed by atoms with E-state index in [1.54, 1.807) is 12.1 Å². The van der Waals surface area contributed by atoms with Gasteiger partial charge < -0.3 is 24.8 Å². The van der Waals surface area contributed by atoms with Crippen LogP contribution in [0.25, 0.3) is 0 Å². The van der Waals surface area contributed by atoms with Crippen LogP contribution in [0.4, 0.5) is 11.6 Å². The number of hydrogen-bond acceptors (Lipinski definition) is 9. The molecule has 0 aromatic carbocycles. The number of hydrogen-bond donors (Lipinski definition) is 2. The van der Waals surface area contributed by atoms with Gasteiger partial charge in [0.25, 0.3) is 0 Å². The molecule has 11 heteroatoms. The lowest BCUT2D eigenvalue weighted by Crippen LogP contribution is -2.13. The van der Waals surface area contributed by atoms with E-state index in [0.717, 1.165) is 25.9 Å². The third-order valence-electron chi connectivity index (χ3n) is 3.55. The minimum Gasteiger partial charge on any atom is -0.379 e. The average Bonchev–Trinajstić information content (AvgIpc) is 2.71. The maximum absolute atomic E-state index is 5.79. The van der Waals surface area contributed by atoms with Gasteiger partial charge in [0.15, 0.2) is 0 Å². The molecule has 0 amide bonds. The normalized spacial score (nSPS) is 10.8. The van der Waals surface area contributed by atoms with Crippen molar-refractivity contribution in [3.63, 3.8) is 0 Å². The molecule has 0 radical (unpaired) electrons. The summed E-state index contributed by atoms with van der Waals surface area (Å²) in [5, 5.41) is 7.15. The van der Waals surface area contributed by atoms with Crippen molar-refractivity contribution in [1.82, 2.24) is 19.9 Å². The van der Waals surface area contributed by atoms with Crippen molar-refractivity contribution in [2.24, 2.45) is 0 Å². The Kier molecular flexibility index (Phi) is 12.2. The predicted octanol–water partition coefficient (Wildman–Crippen LogP) is 2.93. The summed E-state index contributed by atoms with van der Waals surface area (Å²) in [4.78, 5) is 15.8. The molecule has 0 atom stereocenters. The minimum atomic E-state index is 0.421. The summed E-state index contributed by atoms with van der Waals surface area (Å²) in [7, 11) is 0. The Balaban J connectivity index is 1.30. The topological polar surface area (TPSA) is 103 Å². The van der Waals surface area contributed by atoms with Crippen molar-refractivity contribution >= 4 is 34.8 Å². The number of anilines is 2. The zero-order chi connectivity index (χ0) is 20.6. The van der Waals surface area contributed by atoms with E-state index >= 15 is 0 Å². The molecule has 0 bridgehead atoms. The second kappa shape index (κ2) is 15.1. The highest BCUT2D eigenvalue weighted by Gasteiger charge is 1.97. The maximum atomic E-state index is 5.79. The predicted molar refractivity (Wildman–Crippen MR) is 113 cm³/mol. The van der Waals surface area contributed by atoms with Crippen LogP contribution in [0.15, 0.2) is 24.8 Å². The number of aromatic nitrogens is 4. The Morgan fingerprint density at radius 1 is 0.621 bits per heavy atom. The smallest absolute Gasteiger partial charge is 0.134 e. The van der Waals surface area contributed by atoms with E-state index in [-0.39, 0.29) is 0 Å². The van der Waals surface area contributed by atoms with Crippen LogP contribution >= 0.6 is 23.2 Å². The Hall–Kier alpha value is -1.78. The van der Waals surface area contributed by atoms with Gasteiger partial charge in [0.2, 0.25) is 0 Å². The Morgan fingerprint density at radius 2 is 1.03 bits per heavy atom. The molecule has 2 aromatic heterocycles. The number of nitrogens with one attached hydrogen (secondary N) is 2. The molecule has 29 heavy (non-hydrogen) atoms. The lowest BCUT2D eigenvalue weighted by Gasteiger charge is -2.08. The van der Waals surface area contributed by atoms with E-state index in [1.807, 2.05) is 0 Å². The van der Waals surface area contributed by atoms with Crippen LogP contribution in [0, 0.1) is 0 Å². The van der Waals surface area contributed by atoms with Gasteiger partial charge in [-0.15, -0.1) is 0 Å². The van der Waals surface area contributed by atoms with Crippen molar-refractivity contribution in [1.29, 1.82) is 0 Å². The molecular weight excluding hydrogens is 419 g/mol. The molecule has 0 unspecified atom stereocenters. The standard InChI is InChI=1S/C18H26Cl2N6O3/c19-15-11-17(25-13-23-15)21-3-1-5-27-7-9-29-10-8-28-6-2-4-22-18-12-16(20)24-14-26-18/h11-14H,1-10H2,(H,21,23,25)(H,22,24,26). The molecule has 0 fully saturated rings. The fourth-order valence-electron chi connectivity index (χ4n) is 2.18. The molecule has 2 N–H and O–H groups in total. The van der Waals surface area contributed by atoms with Crippen LogP contribution in [0.5, 0.6) is 0 Å². The molecule has 2 heterocycles. The van der Waals surface area contributed by atoms with Crippen LogP contribution in [0.3, 0.4) is 0 Å². The lowest BCUT2D eigenvalue weighted by molar-refractivity contribution is 0.0145. The third-order valence-corrected chi connectivity index (χ3v) is 3.97. The summed E-state index contributed by atoms with van der Waals surface area (Å²) in [5.41, 5.74) is 0. The Morgan fingerprint density at radius 3 is 1.45 bits per heavy atom. The zero-order valence-corrected chi connectivity index (χ0v) is 17.7. The number of nitrogens with zero attached hydrogens (tertiary/aromatic N) is 4. The van der Waals surface area contributed by atoms with Crippen molar-refractivity contribution in [3.8, 4) is 0 Å². The van der Waals surface area contributed by atoms with Gasteiger partial charge in [-0.3, -0.25) is 0 Å². The molecule has 2 rings (SSSR count). The number of ether oxygens (including phenoxy) is 3. The second-order valence-corrected chi connectivity index (χ2v) is 6.62. The first-order chi connectivity index (χ1) is 14.2. The van der Waals surface area contributed by atoms with Crippen LogP contribution in [-0.2, 0) is 14.2 Å². The van der Waals surface area contributed by atoms with Gasteiger partial charge in [-0.1, -0.05) is 23.2 Å². The highest BCUT2D eigenvalue weighted by molar-refractivity contribution is 6.29. The highest BCUT2D eigenvalue weighted by Crippen LogP contribution is 2.09. The molecule has 0 aliphatic heterocycles. The number of rotatable bonds is 16. The quantitative estimate of drug-likeness (QED) is 0.298. The highest BCUT2D eigenvalue weighted by atomic mass is 35.5. The molecule has 160 valence electrons. The van der Waals surface area contributed by atoms with Crippen molar-refractivity contribution in [2.75, 3.05) is 63.4 Å². The minimum absolute atomic E-state index is 0.421. The first-order valence-electron chi connectivity index (χ1n) is 9.40. The fraction of sp³-hybridized carbons (Fsp3) is 0.556. The van der Waals surface area contributed by atoms with Gasteiger partial charge in [0, 0.05) is 38.4 Å². The zero-order valence-electron chi connectivity index (χ0n) is 16.1. The first-order valence-corrected chi connectivity index (χ1v) is 10.2. The fourth-order valence-corrected chi connectivity index (χ4v) is 2.48. The van der Waals surface area contributed by atoms with E-state index in [0.29, 0.717) is 61.6 Å². The van der Waals surface area contributed by atoms with Crippen LogP contribution < -0.4 is 10.6 Å². The summed E-state index contributed by atoms with van der Waals surface area (Å²) in [5.74, 6) is 1.42. The van der Waals surface area contributed by atoms with Gasteiger partial charge in [0.05, 0.1) is 26.4 Å². The Labute approximate surface area is 180 Å². The molecular formula is C18H26Cl2N6O3. The molecule has 0 aliphatic carbocycles. The largest absolute Gasteiger partial charge is 0.379 e.